The number of hydrogen-bond acceptors (Lipinski definition) is 2. The molecule has 0 aromatic carbocycles. The molecule has 0 spiro atoms. The third-order valence-corrected chi connectivity index (χ3v) is 6.20. The molecule has 0 radical (unpaired) electrons. The summed E-state index contributed by atoms with van der Waals surface area (Å²) in [5.41, 5.74) is 0.672. The van der Waals surface area contributed by atoms with E-state index in [1.165, 1.54) is 77.4 Å². The van der Waals surface area contributed by atoms with E-state index in [9.17, 15) is 0 Å². The Morgan fingerprint density at radius 3 is 2.35 bits per heavy atom. The van der Waals surface area contributed by atoms with Crippen LogP contribution >= 0.6 is 0 Å². The number of likely N-dealkylation sites (tertiary alicyclic amines) is 1. The minimum absolute atomic E-state index is 0.672. The molecule has 2 aliphatic rings. The van der Waals surface area contributed by atoms with Gasteiger partial charge in [-0.15, -0.1) is 0 Å². The maximum Gasteiger partial charge on any atom is 0.0110 e. The third kappa shape index (κ3) is 3.98. The largest absolute Gasteiger partial charge is 0.314 e. The van der Waals surface area contributed by atoms with E-state index < -0.39 is 0 Å². The third-order valence-electron chi connectivity index (χ3n) is 6.20. The lowest BCUT2D eigenvalue weighted by Crippen LogP contribution is -2.49. The molecule has 1 aliphatic heterocycles. The van der Waals surface area contributed by atoms with Crippen molar-refractivity contribution in [3.05, 3.63) is 0 Å². The highest BCUT2D eigenvalue weighted by molar-refractivity contribution is 4.90. The highest BCUT2D eigenvalue weighted by atomic mass is 15.2. The molecule has 20 heavy (non-hydrogen) atoms. The smallest absolute Gasteiger partial charge is 0.0110 e. The molecule has 1 saturated heterocycles. The second-order valence-electron chi connectivity index (χ2n) is 7.21. The summed E-state index contributed by atoms with van der Waals surface area (Å²) in [6, 6.07) is 1.66. The van der Waals surface area contributed by atoms with Gasteiger partial charge in [-0.25, -0.2) is 0 Å². The summed E-state index contributed by atoms with van der Waals surface area (Å²) in [6.45, 7) is 11.0. The molecule has 0 amide bonds. The second kappa shape index (κ2) is 7.79. The first-order valence-electron chi connectivity index (χ1n) is 9.20. The molecule has 2 nitrogen and oxygen atoms in total. The number of nitrogens with one attached hydrogen (secondary N) is 1. The van der Waals surface area contributed by atoms with Crippen LogP contribution in [0.5, 0.6) is 0 Å². The number of piperidine rings is 1. The van der Waals surface area contributed by atoms with Crippen LogP contribution in [0.3, 0.4) is 0 Å². The average molecular weight is 280 g/mol. The molecule has 1 N–H and O–H groups in total. The van der Waals surface area contributed by atoms with Gasteiger partial charge in [-0.1, -0.05) is 40.0 Å². The SMILES string of the molecule is CCCNC1CCCC(N2CCC(CC)(CC)CC2)C1. The predicted molar refractivity (Wildman–Crippen MR) is 88.2 cm³/mol. The standard InChI is InChI=1S/C18H36N2/c1-4-12-19-16-8-7-9-17(15-16)20-13-10-18(5-2,6-3)11-14-20/h16-17,19H,4-15H2,1-3H3. The van der Waals surface area contributed by atoms with Crippen LogP contribution in [0.2, 0.25) is 0 Å². The van der Waals surface area contributed by atoms with Crippen molar-refractivity contribution in [1.82, 2.24) is 10.2 Å². The van der Waals surface area contributed by atoms with E-state index in [4.69, 9.17) is 0 Å². The Hall–Kier alpha value is -0.0800. The molecule has 1 heterocycles. The van der Waals surface area contributed by atoms with Gasteiger partial charge in [-0.2, -0.15) is 0 Å². The number of rotatable bonds is 6. The van der Waals surface area contributed by atoms with Gasteiger partial charge < -0.3 is 10.2 Å². The molecule has 0 bridgehead atoms. The number of hydrogen-bond donors (Lipinski definition) is 1. The first-order valence-corrected chi connectivity index (χ1v) is 9.20. The molecule has 2 heteroatoms. The fourth-order valence-electron chi connectivity index (χ4n) is 4.35. The Kier molecular flexibility index (Phi) is 6.35. The van der Waals surface area contributed by atoms with Crippen LogP contribution in [0.1, 0.15) is 78.6 Å². The van der Waals surface area contributed by atoms with Gasteiger partial charge in [0, 0.05) is 12.1 Å². The van der Waals surface area contributed by atoms with Crippen LogP contribution in [0.25, 0.3) is 0 Å². The van der Waals surface area contributed by atoms with Crippen LogP contribution in [0, 0.1) is 5.41 Å². The van der Waals surface area contributed by atoms with Crippen LogP contribution in [-0.2, 0) is 0 Å². The summed E-state index contributed by atoms with van der Waals surface area (Å²) < 4.78 is 0. The van der Waals surface area contributed by atoms with E-state index in [1.54, 1.807) is 0 Å². The van der Waals surface area contributed by atoms with Gasteiger partial charge in [0.25, 0.3) is 0 Å². The Balaban J connectivity index is 1.81. The van der Waals surface area contributed by atoms with E-state index in [0.29, 0.717) is 5.41 Å². The van der Waals surface area contributed by atoms with Gasteiger partial charge in [0.2, 0.25) is 0 Å². The molecule has 2 unspecified atom stereocenters. The molecular weight excluding hydrogens is 244 g/mol. The molecule has 2 rings (SSSR count). The van der Waals surface area contributed by atoms with Crippen LogP contribution < -0.4 is 5.32 Å². The van der Waals surface area contributed by atoms with Gasteiger partial charge in [-0.05, 0) is 63.6 Å². The Morgan fingerprint density at radius 1 is 1.05 bits per heavy atom. The monoisotopic (exact) mass is 280 g/mol. The molecule has 2 fully saturated rings. The van der Waals surface area contributed by atoms with Crippen molar-refractivity contribution in [1.29, 1.82) is 0 Å². The summed E-state index contributed by atoms with van der Waals surface area (Å²) >= 11 is 0. The lowest BCUT2D eigenvalue weighted by molar-refractivity contribution is 0.0479. The van der Waals surface area contributed by atoms with Crippen molar-refractivity contribution >= 4 is 0 Å². The van der Waals surface area contributed by atoms with Crippen molar-refractivity contribution in [2.75, 3.05) is 19.6 Å². The first kappa shape index (κ1) is 16.3. The van der Waals surface area contributed by atoms with Gasteiger partial charge >= 0.3 is 0 Å². The lowest BCUT2D eigenvalue weighted by Gasteiger charge is -2.46. The van der Waals surface area contributed by atoms with Gasteiger partial charge in [-0.3, -0.25) is 0 Å². The zero-order valence-electron chi connectivity index (χ0n) is 14.1. The molecule has 0 aromatic rings. The molecule has 1 aliphatic carbocycles. The highest BCUT2D eigenvalue weighted by Crippen LogP contribution is 2.39. The second-order valence-corrected chi connectivity index (χ2v) is 7.21. The van der Waals surface area contributed by atoms with Gasteiger partial charge in [0.05, 0.1) is 0 Å². The minimum Gasteiger partial charge on any atom is -0.314 e. The summed E-state index contributed by atoms with van der Waals surface area (Å²) in [7, 11) is 0. The van der Waals surface area contributed by atoms with E-state index >= 15 is 0 Å². The summed E-state index contributed by atoms with van der Waals surface area (Å²) in [5.74, 6) is 0. The van der Waals surface area contributed by atoms with E-state index in [2.05, 4.69) is 31.0 Å². The molecule has 118 valence electrons. The zero-order valence-corrected chi connectivity index (χ0v) is 14.1. The van der Waals surface area contributed by atoms with Crippen LogP contribution in [-0.4, -0.2) is 36.6 Å². The Morgan fingerprint density at radius 2 is 1.75 bits per heavy atom. The van der Waals surface area contributed by atoms with Crippen molar-refractivity contribution in [2.45, 2.75) is 90.6 Å². The van der Waals surface area contributed by atoms with Gasteiger partial charge in [0.15, 0.2) is 0 Å². The molecule has 0 aromatic heterocycles. The fourth-order valence-corrected chi connectivity index (χ4v) is 4.35. The quantitative estimate of drug-likeness (QED) is 0.784. The first-order chi connectivity index (χ1) is 9.73. The van der Waals surface area contributed by atoms with Crippen molar-refractivity contribution < 1.29 is 0 Å². The van der Waals surface area contributed by atoms with Crippen molar-refractivity contribution in [3.8, 4) is 0 Å². The predicted octanol–water partition coefficient (Wildman–Crippen LogP) is 4.20. The van der Waals surface area contributed by atoms with Crippen molar-refractivity contribution in [2.24, 2.45) is 5.41 Å². The van der Waals surface area contributed by atoms with Crippen molar-refractivity contribution in [3.63, 3.8) is 0 Å². The molecule has 1 saturated carbocycles. The van der Waals surface area contributed by atoms with Crippen LogP contribution in [0.4, 0.5) is 0 Å². The normalized spacial score (nSPS) is 31.4. The lowest BCUT2D eigenvalue weighted by atomic mass is 9.73. The minimum atomic E-state index is 0.672. The zero-order chi connectivity index (χ0) is 14.4. The fraction of sp³-hybridized carbons (Fsp3) is 1.00. The Bertz CT molecular complexity index is 263. The molecule has 2 atom stereocenters. The van der Waals surface area contributed by atoms with Gasteiger partial charge in [0.1, 0.15) is 0 Å². The maximum atomic E-state index is 3.75. The summed E-state index contributed by atoms with van der Waals surface area (Å²) in [4.78, 5) is 2.82. The average Bonchev–Trinajstić information content (AvgIpc) is 2.53. The summed E-state index contributed by atoms with van der Waals surface area (Å²) in [5, 5.41) is 3.75. The molecular formula is C18H36N2. The maximum absolute atomic E-state index is 3.75. The number of nitrogens with zero attached hydrogens (tertiary/aromatic N) is 1. The van der Waals surface area contributed by atoms with E-state index in [-0.39, 0.29) is 0 Å². The van der Waals surface area contributed by atoms with Crippen LogP contribution in [0.15, 0.2) is 0 Å². The topological polar surface area (TPSA) is 15.3 Å². The van der Waals surface area contributed by atoms with E-state index in [0.717, 1.165) is 12.1 Å². The summed E-state index contributed by atoms with van der Waals surface area (Å²) in [6.07, 6.45) is 12.5. The highest BCUT2D eigenvalue weighted by Gasteiger charge is 2.35. The Labute approximate surface area is 126 Å². The van der Waals surface area contributed by atoms with E-state index in [1.807, 2.05) is 0 Å².